The number of fused-ring (bicyclic) bond motifs is 1. The summed E-state index contributed by atoms with van der Waals surface area (Å²) in [5.74, 6) is 0.343. The lowest BCUT2D eigenvalue weighted by atomic mass is 9.77. The first-order chi connectivity index (χ1) is 14.1. The molecule has 1 aromatic heterocycles. The summed E-state index contributed by atoms with van der Waals surface area (Å²) in [7, 11) is 1.60. The largest absolute Gasteiger partial charge is 0.497 e. The Morgan fingerprint density at radius 3 is 2.93 bits per heavy atom. The number of benzene rings is 1. The van der Waals surface area contributed by atoms with Crippen LogP contribution in [0.25, 0.3) is 0 Å². The summed E-state index contributed by atoms with van der Waals surface area (Å²) in [6.45, 7) is 0. The van der Waals surface area contributed by atoms with Gasteiger partial charge in [0.05, 0.1) is 24.6 Å². The standard InChI is InChI=1S/C21H19BrN2O4S/c1-27-13-4-2-3-11(9-13)17-16-18(25)14-10-12(22)5-6-15(14)28-19(16)20(26)24(17)21-23-7-8-29-21/h2-4,7-9,12,14-15,17H,5-6,10H2,1H3. The molecule has 4 unspecified atom stereocenters. The van der Waals surface area contributed by atoms with Crippen molar-refractivity contribution in [2.45, 2.75) is 36.2 Å². The average molecular weight is 475 g/mol. The molecule has 2 aliphatic heterocycles. The number of amides is 1. The van der Waals surface area contributed by atoms with E-state index in [1.165, 1.54) is 11.3 Å². The summed E-state index contributed by atoms with van der Waals surface area (Å²) in [5, 5.41) is 2.37. The Balaban J connectivity index is 1.65. The third kappa shape index (κ3) is 3.00. The summed E-state index contributed by atoms with van der Waals surface area (Å²) < 4.78 is 11.5. The molecule has 150 valence electrons. The lowest BCUT2D eigenvalue weighted by Crippen LogP contribution is -2.41. The van der Waals surface area contributed by atoms with Crippen molar-refractivity contribution in [3.8, 4) is 5.75 Å². The minimum absolute atomic E-state index is 0.0145. The molecule has 5 rings (SSSR count). The molecule has 0 spiro atoms. The van der Waals surface area contributed by atoms with Gasteiger partial charge >= 0.3 is 0 Å². The van der Waals surface area contributed by atoms with E-state index < -0.39 is 6.04 Å². The molecule has 3 heterocycles. The van der Waals surface area contributed by atoms with Crippen molar-refractivity contribution in [2.75, 3.05) is 12.0 Å². The Labute approximate surface area is 180 Å². The van der Waals surface area contributed by atoms with Gasteiger partial charge in [0.2, 0.25) is 0 Å². The fourth-order valence-electron chi connectivity index (χ4n) is 4.47. The van der Waals surface area contributed by atoms with Crippen molar-refractivity contribution in [2.24, 2.45) is 5.92 Å². The van der Waals surface area contributed by atoms with Crippen molar-refractivity contribution >= 4 is 44.1 Å². The highest BCUT2D eigenvalue weighted by molar-refractivity contribution is 9.09. The van der Waals surface area contributed by atoms with Crippen molar-refractivity contribution in [1.29, 1.82) is 0 Å². The molecule has 1 aliphatic carbocycles. The summed E-state index contributed by atoms with van der Waals surface area (Å²) in [6, 6.07) is 6.91. The molecule has 0 bridgehead atoms. The fourth-order valence-corrected chi connectivity index (χ4v) is 5.81. The van der Waals surface area contributed by atoms with Gasteiger partial charge in [0.15, 0.2) is 16.7 Å². The quantitative estimate of drug-likeness (QED) is 0.628. The molecule has 1 aromatic carbocycles. The number of carbonyl (C=O) groups is 2. The lowest BCUT2D eigenvalue weighted by Gasteiger charge is -2.37. The number of alkyl halides is 1. The number of hydrogen-bond donors (Lipinski definition) is 0. The number of rotatable bonds is 3. The monoisotopic (exact) mass is 474 g/mol. The normalized spacial score (nSPS) is 28.8. The van der Waals surface area contributed by atoms with Gasteiger partial charge in [-0.25, -0.2) is 4.98 Å². The number of ketones is 1. The maximum atomic E-state index is 13.6. The van der Waals surface area contributed by atoms with Crippen LogP contribution in [0.15, 0.2) is 47.2 Å². The SMILES string of the molecule is COc1cccc(C2C3=C(OC4CCC(Br)CC4C3=O)C(=O)N2c2nccs2)c1. The number of carbonyl (C=O) groups excluding carboxylic acids is 2. The zero-order valence-corrected chi connectivity index (χ0v) is 18.1. The second-order valence-corrected chi connectivity index (χ2v) is 9.62. The van der Waals surface area contributed by atoms with Crippen LogP contribution >= 0.6 is 27.3 Å². The molecule has 0 saturated heterocycles. The topological polar surface area (TPSA) is 68.7 Å². The van der Waals surface area contributed by atoms with E-state index in [-0.39, 0.29) is 29.5 Å². The fraction of sp³-hybridized carbons (Fsp3) is 0.381. The molecule has 1 amide bonds. The zero-order valence-electron chi connectivity index (χ0n) is 15.7. The van der Waals surface area contributed by atoms with Crippen molar-refractivity contribution in [3.05, 3.63) is 52.7 Å². The number of methoxy groups -OCH3 is 1. The molecule has 6 nitrogen and oxygen atoms in total. The summed E-state index contributed by atoms with van der Waals surface area (Å²) in [4.78, 5) is 33.2. The second kappa shape index (κ2) is 7.25. The Morgan fingerprint density at radius 1 is 1.31 bits per heavy atom. The molecular weight excluding hydrogens is 456 g/mol. The number of anilines is 1. The zero-order chi connectivity index (χ0) is 20.1. The van der Waals surface area contributed by atoms with Gasteiger partial charge in [0.1, 0.15) is 11.9 Å². The van der Waals surface area contributed by atoms with Crippen LogP contribution in [0.3, 0.4) is 0 Å². The maximum Gasteiger partial charge on any atom is 0.296 e. The van der Waals surface area contributed by atoms with Gasteiger partial charge in [-0.15, -0.1) is 11.3 Å². The van der Waals surface area contributed by atoms with Crippen LogP contribution in [-0.4, -0.2) is 34.7 Å². The van der Waals surface area contributed by atoms with Crippen LogP contribution in [0, 0.1) is 5.92 Å². The number of aromatic nitrogens is 1. The third-order valence-corrected chi connectivity index (χ3v) is 7.42. The van der Waals surface area contributed by atoms with Gasteiger partial charge in [-0.05, 0) is 37.0 Å². The Bertz CT molecular complexity index is 1010. The second-order valence-electron chi connectivity index (χ2n) is 7.45. The number of halogens is 1. The van der Waals surface area contributed by atoms with Gasteiger partial charge in [0.25, 0.3) is 5.91 Å². The highest BCUT2D eigenvalue weighted by Crippen LogP contribution is 2.49. The van der Waals surface area contributed by atoms with Crippen LogP contribution in [0.5, 0.6) is 5.75 Å². The Morgan fingerprint density at radius 2 is 2.17 bits per heavy atom. The van der Waals surface area contributed by atoms with Gasteiger partial charge < -0.3 is 9.47 Å². The van der Waals surface area contributed by atoms with Crippen molar-refractivity contribution < 1.29 is 19.1 Å². The Hall–Kier alpha value is -2.19. The van der Waals surface area contributed by atoms with E-state index in [0.29, 0.717) is 21.3 Å². The molecular formula is C21H19BrN2O4S. The summed E-state index contributed by atoms with van der Waals surface area (Å²) in [6.07, 6.45) is 3.83. The molecule has 8 heteroatoms. The first-order valence-corrected chi connectivity index (χ1v) is 11.3. The molecule has 4 atom stereocenters. The first kappa shape index (κ1) is 18.8. The molecule has 3 aliphatic rings. The van der Waals surface area contributed by atoms with Gasteiger partial charge in [-0.3, -0.25) is 14.5 Å². The molecule has 0 radical (unpaired) electrons. The number of ether oxygens (including phenoxy) is 2. The maximum absolute atomic E-state index is 13.6. The minimum Gasteiger partial charge on any atom is -0.497 e. The smallest absolute Gasteiger partial charge is 0.296 e. The number of thiazole rings is 1. The molecule has 2 aromatic rings. The Kier molecular flexibility index (Phi) is 4.70. The molecule has 1 fully saturated rings. The van der Waals surface area contributed by atoms with E-state index in [2.05, 4.69) is 20.9 Å². The number of hydrogen-bond acceptors (Lipinski definition) is 6. The van der Waals surface area contributed by atoms with Gasteiger partial charge in [0, 0.05) is 16.4 Å². The van der Waals surface area contributed by atoms with E-state index in [1.807, 2.05) is 29.6 Å². The van der Waals surface area contributed by atoms with Gasteiger partial charge in [-0.1, -0.05) is 28.1 Å². The molecule has 29 heavy (non-hydrogen) atoms. The van der Waals surface area contributed by atoms with Crippen molar-refractivity contribution in [1.82, 2.24) is 4.98 Å². The minimum atomic E-state index is -0.567. The van der Waals surface area contributed by atoms with E-state index in [9.17, 15) is 9.59 Å². The van der Waals surface area contributed by atoms with E-state index in [0.717, 1.165) is 24.8 Å². The predicted octanol–water partition coefficient (Wildman–Crippen LogP) is 4.03. The first-order valence-electron chi connectivity index (χ1n) is 9.54. The van der Waals surface area contributed by atoms with E-state index in [4.69, 9.17) is 9.47 Å². The van der Waals surface area contributed by atoms with Crippen LogP contribution in [0.4, 0.5) is 5.13 Å². The lowest BCUT2D eigenvalue weighted by molar-refractivity contribution is -0.131. The van der Waals surface area contributed by atoms with E-state index in [1.54, 1.807) is 18.2 Å². The third-order valence-electron chi connectivity index (χ3n) is 5.82. The molecule has 1 saturated carbocycles. The van der Waals surface area contributed by atoms with Gasteiger partial charge in [-0.2, -0.15) is 0 Å². The van der Waals surface area contributed by atoms with Crippen LogP contribution in [0.2, 0.25) is 0 Å². The predicted molar refractivity (Wildman–Crippen MR) is 112 cm³/mol. The van der Waals surface area contributed by atoms with Crippen LogP contribution < -0.4 is 9.64 Å². The number of Topliss-reactive ketones (excluding diaryl/α,β-unsaturated/α-hetero) is 1. The van der Waals surface area contributed by atoms with Crippen molar-refractivity contribution in [3.63, 3.8) is 0 Å². The highest BCUT2D eigenvalue weighted by atomic mass is 79.9. The summed E-state index contributed by atoms with van der Waals surface area (Å²) in [5.41, 5.74) is 1.25. The van der Waals surface area contributed by atoms with Crippen LogP contribution in [0.1, 0.15) is 30.9 Å². The number of nitrogens with zero attached hydrogens (tertiary/aromatic N) is 2. The summed E-state index contributed by atoms with van der Waals surface area (Å²) >= 11 is 5.02. The van der Waals surface area contributed by atoms with Crippen LogP contribution in [-0.2, 0) is 14.3 Å². The average Bonchev–Trinajstić information content (AvgIpc) is 3.35. The molecule has 0 N–H and O–H groups in total. The highest BCUT2D eigenvalue weighted by Gasteiger charge is 2.53. The van der Waals surface area contributed by atoms with E-state index >= 15 is 0 Å².